The van der Waals surface area contributed by atoms with E-state index in [-0.39, 0.29) is 24.8 Å². The van der Waals surface area contributed by atoms with Gasteiger partial charge in [-0.15, -0.1) is 0 Å². The predicted octanol–water partition coefficient (Wildman–Crippen LogP) is 0.404. The van der Waals surface area contributed by atoms with Crippen molar-refractivity contribution in [3.05, 3.63) is 41.0 Å². The molecule has 0 bridgehead atoms. The molecule has 0 saturated carbocycles. The molecule has 0 amide bonds. The number of hydrogen-bond acceptors (Lipinski definition) is 0. The molecule has 24 heavy (non-hydrogen) atoms. The van der Waals surface area contributed by atoms with Gasteiger partial charge in [0.05, 0.1) is 0 Å². The van der Waals surface area contributed by atoms with E-state index in [1.165, 1.54) is 38.5 Å². The minimum absolute atomic E-state index is 0. The molecular weight excluding hydrogens is 430 g/mol. The van der Waals surface area contributed by atoms with Crippen LogP contribution in [0, 0.1) is 0 Å². The van der Waals surface area contributed by atoms with E-state index in [4.69, 9.17) is 0 Å². The molecule has 0 N–H and O–H groups in total. The van der Waals surface area contributed by atoms with Crippen LogP contribution in [0.5, 0.6) is 0 Å². The van der Waals surface area contributed by atoms with Gasteiger partial charge in [-0.3, -0.25) is 0 Å². The molecule has 2 aliphatic carbocycles. The molecule has 0 radical (unpaired) electrons. The van der Waals surface area contributed by atoms with Crippen LogP contribution in [0.25, 0.3) is 0 Å². The van der Waals surface area contributed by atoms with Crippen molar-refractivity contribution in [2.24, 2.45) is 0 Å². The molecule has 0 unspecified atom stereocenters. The fraction of sp³-hybridized carbons (Fsp3) is 0.600. The number of allylic oxidation sites excluding steroid dienone is 8. The zero-order chi connectivity index (χ0) is 16.3. The zero-order valence-electron chi connectivity index (χ0n) is 16.2. The molecule has 0 nitrogen and oxygen atoms in total. The summed E-state index contributed by atoms with van der Waals surface area (Å²) in [6.07, 6.45) is 12.9. The Bertz CT molecular complexity index is 510. The molecule has 0 saturated heterocycles. The quantitative estimate of drug-likeness (QED) is 0.480. The molecular formula is C20H33Cl2SiZr. The molecule has 4 heteroatoms. The van der Waals surface area contributed by atoms with Crippen LogP contribution < -0.4 is 24.8 Å². The summed E-state index contributed by atoms with van der Waals surface area (Å²) < 4.78 is 3.90. The maximum Gasteiger partial charge on any atom is -1.00 e. The average molecular weight is 464 g/mol. The molecule has 0 fully saturated rings. The Labute approximate surface area is 171 Å². The fourth-order valence-corrected chi connectivity index (χ4v) is 25.0. The van der Waals surface area contributed by atoms with Crippen LogP contribution in [-0.4, -0.2) is 5.92 Å². The van der Waals surface area contributed by atoms with Crippen LogP contribution in [0.4, 0.5) is 0 Å². The Hall–Kier alpha value is 0.640. The topological polar surface area (TPSA) is 0 Å². The second-order valence-corrected chi connectivity index (χ2v) is 26.0. The molecule has 0 aliphatic heterocycles. The molecule has 0 aromatic carbocycles. The van der Waals surface area contributed by atoms with Crippen LogP contribution in [0.3, 0.4) is 0 Å². The first-order valence-corrected chi connectivity index (χ1v) is 18.8. The molecule has 2 rings (SSSR count). The van der Waals surface area contributed by atoms with E-state index in [0.29, 0.717) is 0 Å². The van der Waals surface area contributed by atoms with E-state index in [0.717, 1.165) is 0 Å². The number of hydrogen-bond donors (Lipinski definition) is 0. The van der Waals surface area contributed by atoms with Gasteiger partial charge in [0.15, 0.2) is 0 Å². The van der Waals surface area contributed by atoms with Gasteiger partial charge < -0.3 is 24.8 Å². The molecule has 0 atom stereocenters. The van der Waals surface area contributed by atoms with Crippen LogP contribution in [0.1, 0.15) is 66.2 Å². The third-order valence-corrected chi connectivity index (χ3v) is 24.4. The summed E-state index contributed by atoms with van der Waals surface area (Å²) >= 11 is -1.65. The second kappa shape index (κ2) is 11.4. The van der Waals surface area contributed by atoms with Crippen LogP contribution in [0.2, 0.25) is 13.1 Å². The van der Waals surface area contributed by atoms with E-state index in [2.05, 4.69) is 52.9 Å². The van der Waals surface area contributed by atoms with Gasteiger partial charge in [-0.2, -0.15) is 0 Å². The van der Waals surface area contributed by atoms with Gasteiger partial charge in [-0.05, 0) is 0 Å². The normalized spacial score (nSPS) is 17.0. The van der Waals surface area contributed by atoms with E-state index in [9.17, 15) is 0 Å². The van der Waals surface area contributed by atoms with Gasteiger partial charge in [-0.25, -0.2) is 0 Å². The summed E-state index contributed by atoms with van der Waals surface area (Å²) in [5, 5.41) is 0. The molecule has 0 heterocycles. The van der Waals surface area contributed by atoms with Crippen LogP contribution in [0.15, 0.2) is 41.0 Å². The van der Waals surface area contributed by atoms with Crippen molar-refractivity contribution in [1.82, 2.24) is 0 Å². The zero-order valence-corrected chi connectivity index (χ0v) is 21.4. The van der Waals surface area contributed by atoms with E-state index in [1.807, 2.05) is 6.56 Å². The molecule has 0 spiro atoms. The van der Waals surface area contributed by atoms with Crippen LogP contribution >= 0.6 is 0 Å². The minimum Gasteiger partial charge on any atom is -1.00 e. The standard InChI is InChI=1S/2C9H13.C2H7Si.2ClH.Zr/c2*1-3-4-9-6-5-8(2)7-9;1-3-2;;;/h2*6H,3-5H2,1-2H3;3H,1-2H3;2*1H;/q;;;;;+2/p-2. The third kappa shape index (κ3) is 5.32. The maximum atomic E-state index is 2.64. The van der Waals surface area contributed by atoms with Crippen molar-refractivity contribution < 1.29 is 45.7 Å². The minimum atomic E-state index is -1.65. The fourth-order valence-electron chi connectivity index (χ4n) is 4.01. The van der Waals surface area contributed by atoms with Gasteiger partial charge in [-0.1, -0.05) is 0 Å². The Morgan fingerprint density at radius 3 is 1.50 bits per heavy atom. The third-order valence-electron chi connectivity index (χ3n) is 4.96. The van der Waals surface area contributed by atoms with Crippen molar-refractivity contribution in [3.63, 3.8) is 0 Å². The molecule has 0 aromatic rings. The van der Waals surface area contributed by atoms with Gasteiger partial charge in [0, 0.05) is 0 Å². The Morgan fingerprint density at radius 2 is 1.21 bits per heavy atom. The van der Waals surface area contributed by atoms with Crippen molar-refractivity contribution in [2.45, 2.75) is 79.3 Å². The van der Waals surface area contributed by atoms with Crippen LogP contribution in [-0.2, 0) is 20.9 Å². The maximum absolute atomic E-state index is 2.64. The Balaban J connectivity index is 0.00000264. The summed E-state index contributed by atoms with van der Waals surface area (Å²) in [5.41, 5.74) is 7.00. The number of rotatable bonds is 7. The predicted molar refractivity (Wildman–Crippen MR) is 99.5 cm³/mol. The van der Waals surface area contributed by atoms with E-state index < -0.39 is 26.8 Å². The second-order valence-electron chi connectivity index (χ2n) is 7.25. The Kier molecular flexibility index (Phi) is 11.7. The summed E-state index contributed by atoms with van der Waals surface area (Å²) in [6.45, 7) is 14.8. The Morgan fingerprint density at radius 1 is 0.833 bits per heavy atom. The van der Waals surface area contributed by atoms with Gasteiger partial charge in [0.1, 0.15) is 0 Å². The van der Waals surface area contributed by atoms with Crippen molar-refractivity contribution >= 4 is 5.92 Å². The first-order valence-electron chi connectivity index (χ1n) is 9.17. The van der Waals surface area contributed by atoms with Crippen molar-refractivity contribution in [3.8, 4) is 0 Å². The number of halogens is 2. The largest absolute Gasteiger partial charge is 1.00 e. The van der Waals surface area contributed by atoms with Crippen molar-refractivity contribution in [2.75, 3.05) is 0 Å². The molecule has 2 aliphatic rings. The van der Waals surface area contributed by atoms with Crippen molar-refractivity contribution in [1.29, 1.82) is 0 Å². The van der Waals surface area contributed by atoms with Gasteiger partial charge in [0.25, 0.3) is 0 Å². The summed E-state index contributed by atoms with van der Waals surface area (Å²) in [7, 11) is 0. The summed E-state index contributed by atoms with van der Waals surface area (Å²) in [5.74, 6) is -0.596. The first kappa shape index (κ1) is 24.6. The van der Waals surface area contributed by atoms with E-state index >= 15 is 0 Å². The summed E-state index contributed by atoms with van der Waals surface area (Å²) in [6, 6.07) is 0. The first-order chi connectivity index (χ1) is 10.5. The SMILES string of the molecule is CCCC1=CCC(C)=[C]1[Zr+2]([C]1=C(C)CC=C1CCC)[SiH](C)C.[Cl-].[Cl-]. The monoisotopic (exact) mass is 461 g/mol. The smallest absolute Gasteiger partial charge is 1.00 e. The van der Waals surface area contributed by atoms with Gasteiger partial charge >= 0.3 is 147 Å². The van der Waals surface area contributed by atoms with Gasteiger partial charge in [0.2, 0.25) is 0 Å². The molecule has 0 aromatic heterocycles. The summed E-state index contributed by atoms with van der Waals surface area (Å²) in [4.78, 5) is 0. The molecule has 135 valence electrons. The van der Waals surface area contributed by atoms with E-state index in [1.54, 1.807) is 22.3 Å². The average Bonchev–Trinajstić information content (AvgIpc) is 2.99.